The van der Waals surface area contributed by atoms with Crippen LogP contribution in [0.25, 0.3) is 0 Å². The maximum atomic E-state index is 12.4. The number of rotatable bonds is 1. The van der Waals surface area contributed by atoms with Gasteiger partial charge in [-0.15, -0.1) is 11.8 Å². The third-order valence-electron chi connectivity index (χ3n) is 5.46. The molecule has 2 aliphatic heterocycles. The van der Waals surface area contributed by atoms with Gasteiger partial charge in [0.05, 0.1) is 12.2 Å². The van der Waals surface area contributed by atoms with Crippen molar-refractivity contribution in [1.82, 2.24) is 15.1 Å². The molecule has 0 spiro atoms. The van der Waals surface area contributed by atoms with Crippen LogP contribution < -0.4 is 10.7 Å². The van der Waals surface area contributed by atoms with Gasteiger partial charge in [0, 0.05) is 28.1 Å². The molecule has 2 aliphatic rings. The van der Waals surface area contributed by atoms with Crippen LogP contribution in [0.4, 0.5) is 0 Å². The SMILES string of the molecule is O=C1NCC(C2c3ccccc3CSc3cc(Cl)ccc32)n2ncc(=O)c(O)c21. The summed E-state index contributed by atoms with van der Waals surface area (Å²) in [5.41, 5.74) is 2.64. The Hall–Kier alpha value is -2.77. The molecule has 8 heteroatoms. The van der Waals surface area contributed by atoms with E-state index in [9.17, 15) is 14.7 Å². The fourth-order valence-corrected chi connectivity index (χ4v) is 5.53. The molecule has 146 valence electrons. The molecule has 2 aromatic carbocycles. The van der Waals surface area contributed by atoms with Crippen LogP contribution in [0.3, 0.4) is 0 Å². The molecule has 0 saturated carbocycles. The average Bonchev–Trinajstić information content (AvgIpc) is 2.88. The molecule has 5 rings (SSSR count). The predicted octanol–water partition coefficient (Wildman–Crippen LogP) is 3.32. The zero-order valence-corrected chi connectivity index (χ0v) is 16.7. The molecule has 0 aliphatic carbocycles. The Labute approximate surface area is 175 Å². The molecular formula is C21H16ClN3O3S. The molecule has 0 radical (unpaired) electrons. The number of nitrogens with one attached hydrogen (secondary N) is 1. The van der Waals surface area contributed by atoms with Gasteiger partial charge in [-0.05, 0) is 28.8 Å². The number of benzene rings is 2. The van der Waals surface area contributed by atoms with Crippen LogP contribution in [-0.2, 0) is 5.75 Å². The van der Waals surface area contributed by atoms with Crippen molar-refractivity contribution in [2.24, 2.45) is 0 Å². The maximum Gasteiger partial charge on any atom is 0.273 e. The fraction of sp³-hybridized carbons (Fsp3) is 0.190. The summed E-state index contributed by atoms with van der Waals surface area (Å²) in [7, 11) is 0. The normalized spacial score (nSPS) is 20.1. The van der Waals surface area contributed by atoms with Gasteiger partial charge in [0.2, 0.25) is 5.43 Å². The van der Waals surface area contributed by atoms with Gasteiger partial charge in [-0.2, -0.15) is 5.10 Å². The van der Waals surface area contributed by atoms with E-state index in [1.54, 1.807) is 11.8 Å². The number of hydrogen-bond acceptors (Lipinski definition) is 5. The Morgan fingerprint density at radius 2 is 2.00 bits per heavy atom. The molecule has 3 heterocycles. The number of hydrogen-bond donors (Lipinski definition) is 2. The predicted molar refractivity (Wildman–Crippen MR) is 111 cm³/mol. The Morgan fingerprint density at radius 3 is 2.86 bits per heavy atom. The topological polar surface area (TPSA) is 84.2 Å². The van der Waals surface area contributed by atoms with Gasteiger partial charge in [0.1, 0.15) is 0 Å². The maximum absolute atomic E-state index is 12.4. The van der Waals surface area contributed by atoms with Crippen molar-refractivity contribution in [3.8, 4) is 5.75 Å². The summed E-state index contributed by atoms with van der Waals surface area (Å²) in [4.78, 5) is 25.4. The molecule has 3 aromatic rings. The Bertz CT molecular complexity index is 1210. The number of carbonyl (C=O) groups is 1. The van der Waals surface area contributed by atoms with Crippen molar-refractivity contribution in [3.63, 3.8) is 0 Å². The molecule has 2 N–H and O–H groups in total. The summed E-state index contributed by atoms with van der Waals surface area (Å²) >= 11 is 7.98. The fourth-order valence-electron chi connectivity index (χ4n) is 4.15. The second-order valence-corrected chi connectivity index (χ2v) is 8.53. The van der Waals surface area contributed by atoms with E-state index in [4.69, 9.17) is 11.6 Å². The lowest BCUT2D eigenvalue weighted by Crippen LogP contribution is -2.44. The van der Waals surface area contributed by atoms with E-state index in [2.05, 4.69) is 22.5 Å². The quantitative estimate of drug-likeness (QED) is 0.624. The van der Waals surface area contributed by atoms with E-state index in [0.29, 0.717) is 11.6 Å². The molecule has 1 aromatic heterocycles. The van der Waals surface area contributed by atoms with E-state index in [-0.39, 0.29) is 17.7 Å². The van der Waals surface area contributed by atoms with Gasteiger partial charge in [-0.25, -0.2) is 0 Å². The standard InChI is InChI=1S/C21H16ClN3O3S/c22-12-5-6-14-17(7-12)29-10-11-3-1-2-4-13(11)18(14)15-8-23-21(28)19-20(27)16(26)9-24-25(15)19/h1-7,9,15,18,27H,8,10H2,(H,23,28). The van der Waals surface area contributed by atoms with Crippen LogP contribution in [0.15, 0.2) is 58.4 Å². The lowest BCUT2D eigenvalue weighted by atomic mass is 9.82. The summed E-state index contributed by atoms with van der Waals surface area (Å²) in [6.45, 7) is 0.326. The van der Waals surface area contributed by atoms with Gasteiger partial charge in [-0.1, -0.05) is 41.9 Å². The first-order valence-electron chi connectivity index (χ1n) is 9.13. The summed E-state index contributed by atoms with van der Waals surface area (Å²) in [6, 6.07) is 13.7. The van der Waals surface area contributed by atoms with Crippen LogP contribution in [0.2, 0.25) is 5.02 Å². The third-order valence-corrected chi connectivity index (χ3v) is 6.81. The molecule has 2 unspecified atom stereocenters. The van der Waals surface area contributed by atoms with Crippen LogP contribution in [-0.4, -0.2) is 27.3 Å². The second kappa shape index (κ2) is 6.93. The smallest absolute Gasteiger partial charge is 0.273 e. The lowest BCUT2D eigenvalue weighted by Gasteiger charge is -2.34. The van der Waals surface area contributed by atoms with Crippen LogP contribution in [0.1, 0.15) is 39.1 Å². The summed E-state index contributed by atoms with van der Waals surface area (Å²) < 4.78 is 1.49. The van der Waals surface area contributed by atoms with E-state index >= 15 is 0 Å². The molecule has 0 fully saturated rings. The number of fused-ring (bicyclic) bond motifs is 3. The highest BCUT2D eigenvalue weighted by Crippen LogP contribution is 2.46. The molecule has 29 heavy (non-hydrogen) atoms. The zero-order chi connectivity index (χ0) is 20.1. The van der Waals surface area contributed by atoms with Gasteiger partial charge < -0.3 is 10.4 Å². The minimum atomic E-state index is -0.670. The minimum Gasteiger partial charge on any atom is -0.502 e. The van der Waals surface area contributed by atoms with Gasteiger partial charge in [-0.3, -0.25) is 14.3 Å². The minimum absolute atomic E-state index is 0.0985. The Morgan fingerprint density at radius 1 is 1.17 bits per heavy atom. The number of halogens is 1. The first-order chi connectivity index (χ1) is 14.0. The van der Waals surface area contributed by atoms with Crippen LogP contribution in [0, 0.1) is 0 Å². The highest BCUT2D eigenvalue weighted by molar-refractivity contribution is 7.98. The summed E-state index contributed by atoms with van der Waals surface area (Å²) in [5.74, 6) is -0.414. The Kier molecular flexibility index (Phi) is 4.37. The number of aromatic hydroxyl groups is 1. The number of carbonyl (C=O) groups excluding carboxylic acids is 1. The van der Waals surface area contributed by atoms with E-state index in [0.717, 1.165) is 28.0 Å². The largest absolute Gasteiger partial charge is 0.502 e. The van der Waals surface area contributed by atoms with Crippen molar-refractivity contribution >= 4 is 29.3 Å². The number of aromatic nitrogens is 2. The molecule has 1 amide bonds. The van der Waals surface area contributed by atoms with E-state index in [1.165, 1.54) is 10.2 Å². The van der Waals surface area contributed by atoms with Crippen molar-refractivity contribution in [2.75, 3.05) is 6.54 Å². The Balaban J connectivity index is 1.77. The van der Waals surface area contributed by atoms with Gasteiger partial charge >= 0.3 is 0 Å². The molecule has 6 nitrogen and oxygen atoms in total. The van der Waals surface area contributed by atoms with Crippen molar-refractivity contribution in [3.05, 3.63) is 86.3 Å². The average molecular weight is 426 g/mol. The van der Waals surface area contributed by atoms with Crippen LogP contribution in [0.5, 0.6) is 5.75 Å². The van der Waals surface area contributed by atoms with Gasteiger partial charge in [0.15, 0.2) is 11.4 Å². The number of thioether (sulfide) groups is 1. The van der Waals surface area contributed by atoms with E-state index < -0.39 is 17.1 Å². The van der Waals surface area contributed by atoms with Gasteiger partial charge in [0.25, 0.3) is 5.91 Å². The number of nitrogens with zero attached hydrogens (tertiary/aromatic N) is 2. The highest BCUT2D eigenvalue weighted by atomic mass is 35.5. The first-order valence-corrected chi connectivity index (χ1v) is 10.5. The lowest BCUT2D eigenvalue weighted by molar-refractivity contribution is 0.0896. The van der Waals surface area contributed by atoms with Crippen molar-refractivity contribution < 1.29 is 9.90 Å². The molecule has 2 atom stereocenters. The highest BCUT2D eigenvalue weighted by Gasteiger charge is 2.38. The molecule has 0 bridgehead atoms. The summed E-state index contributed by atoms with van der Waals surface area (Å²) in [5, 5.41) is 18.0. The zero-order valence-electron chi connectivity index (χ0n) is 15.1. The van der Waals surface area contributed by atoms with Crippen molar-refractivity contribution in [2.45, 2.75) is 22.6 Å². The number of amides is 1. The second-order valence-electron chi connectivity index (χ2n) is 7.08. The molecule has 0 saturated heterocycles. The van der Waals surface area contributed by atoms with Crippen LogP contribution >= 0.6 is 23.4 Å². The third kappa shape index (κ3) is 2.92. The van der Waals surface area contributed by atoms with E-state index in [1.807, 2.05) is 30.3 Å². The molecular weight excluding hydrogens is 410 g/mol. The van der Waals surface area contributed by atoms with Crippen molar-refractivity contribution in [1.29, 1.82) is 0 Å². The monoisotopic (exact) mass is 425 g/mol. The first kappa shape index (κ1) is 18.3. The summed E-state index contributed by atoms with van der Waals surface area (Å²) in [6.07, 6.45) is 1.06.